The van der Waals surface area contributed by atoms with Gasteiger partial charge in [-0.05, 0) is 31.2 Å². The molecule has 20 heavy (non-hydrogen) atoms. The summed E-state index contributed by atoms with van der Waals surface area (Å²) in [5, 5.41) is 4.01. The predicted molar refractivity (Wildman–Crippen MR) is 78.3 cm³/mol. The molecule has 0 saturated carbocycles. The number of aryl methyl sites for hydroxylation is 1. The fourth-order valence-electron chi connectivity index (χ4n) is 1.79. The quantitative estimate of drug-likeness (QED) is 0.683. The average Bonchev–Trinajstić information content (AvgIpc) is 2.95. The van der Waals surface area contributed by atoms with E-state index in [0.29, 0.717) is 17.5 Å². The van der Waals surface area contributed by atoms with E-state index in [9.17, 15) is 0 Å². The molecule has 0 spiro atoms. The van der Waals surface area contributed by atoms with Gasteiger partial charge >= 0.3 is 0 Å². The van der Waals surface area contributed by atoms with Gasteiger partial charge in [-0.3, -0.25) is 4.98 Å². The highest BCUT2D eigenvalue weighted by molar-refractivity contribution is 7.98. The third-order valence-electron chi connectivity index (χ3n) is 2.74. The van der Waals surface area contributed by atoms with Crippen molar-refractivity contribution in [2.24, 2.45) is 0 Å². The molecule has 3 aromatic rings. The molecule has 0 amide bonds. The number of pyridine rings is 1. The van der Waals surface area contributed by atoms with Crippen molar-refractivity contribution in [3.8, 4) is 11.5 Å². The van der Waals surface area contributed by atoms with E-state index in [4.69, 9.17) is 4.52 Å². The average molecular weight is 283 g/mol. The van der Waals surface area contributed by atoms with E-state index < -0.39 is 0 Å². The Morgan fingerprint density at radius 3 is 2.95 bits per heavy atom. The molecule has 100 valence electrons. The molecule has 2 heterocycles. The monoisotopic (exact) mass is 283 g/mol. The van der Waals surface area contributed by atoms with E-state index in [1.54, 1.807) is 18.0 Å². The molecule has 1 aromatic carbocycles. The summed E-state index contributed by atoms with van der Waals surface area (Å²) >= 11 is 1.64. The minimum atomic E-state index is 0.565. The van der Waals surface area contributed by atoms with E-state index in [2.05, 4.69) is 15.1 Å². The summed E-state index contributed by atoms with van der Waals surface area (Å²) in [7, 11) is 0. The van der Waals surface area contributed by atoms with Gasteiger partial charge in [0.05, 0.1) is 5.75 Å². The number of hydrogen-bond donors (Lipinski definition) is 0. The number of rotatable bonds is 4. The lowest BCUT2D eigenvalue weighted by Gasteiger charge is -1.96. The van der Waals surface area contributed by atoms with Gasteiger partial charge in [0, 0.05) is 22.9 Å². The predicted octanol–water partition coefficient (Wildman–Crippen LogP) is 3.73. The van der Waals surface area contributed by atoms with Crippen molar-refractivity contribution < 1.29 is 4.52 Å². The summed E-state index contributed by atoms with van der Waals surface area (Å²) in [6, 6.07) is 12.0. The van der Waals surface area contributed by atoms with Crippen LogP contribution in [0.15, 0.2) is 58.2 Å². The second-order valence-corrected chi connectivity index (χ2v) is 5.41. The highest BCUT2D eigenvalue weighted by Gasteiger charge is 2.09. The molecule has 0 unspecified atom stereocenters. The van der Waals surface area contributed by atoms with Crippen LogP contribution in [-0.4, -0.2) is 15.1 Å². The minimum Gasteiger partial charge on any atom is -0.334 e. The van der Waals surface area contributed by atoms with Crippen LogP contribution in [0.25, 0.3) is 11.5 Å². The maximum atomic E-state index is 5.30. The molecule has 0 aliphatic heterocycles. The molecule has 0 saturated heterocycles. The number of benzene rings is 1. The third kappa shape index (κ3) is 3.05. The van der Waals surface area contributed by atoms with Crippen molar-refractivity contribution in [3.05, 3.63) is 60.2 Å². The maximum Gasteiger partial charge on any atom is 0.257 e. The Hall–Kier alpha value is -2.14. The second-order valence-electron chi connectivity index (χ2n) is 4.36. The van der Waals surface area contributed by atoms with Crippen LogP contribution in [0.2, 0.25) is 0 Å². The molecule has 0 aliphatic carbocycles. The molecule has 4 nitrogen and oxygen atoms in total. The topological polar surface area (TPSA) is 51.8 Å². The lowest BCUT2D eigenvalue weighted by atomic mass is 10.1. The van der Waals surface area contributed by atoms with Gasteiger partial charge in [0.1, 0.15) is 0 Å². The van der Waals surface area contributed by atoms with Gasteiger partial charge in [-0.1, -0.05) is 22.9 Å². The Bertz CT molecular complexity index is 697. The van der Waals surface area contributed by atoms with Crippen molar-refractivity contribution >= 4 is 11.8 Å². The first-order valence-corrected chi connectivity index (χ1v) is 7.22. The van der Waals surface area contributed by atoms with Gasteiger partial charge in [-0.2, -0.15) is 4.98 Å². The van der Waals surface area contributed by atoms with E-state index >= 15 is 0 Å². The first-order chi connectivity index (χ1) is 9.81. The lowest BCUT2D eigenvalue weighted by molar-refractivity contribution is 0.425. The van der Waals surface area contributed by atoms with Crippen molar-refractivity contribution in [3.63, 3.8) is 0 Å². The van der Waals surface area contributed by atoms with Crippen molar-refractivity contribution in [2.45, 2.75) is 17.6 Å². The Kier molecular flexibility index (Phi) is 3.78. The summed E-state index contributed by atoms with van der Waals surface area (Å²) < 4.78 is 5.30. The van der Waals surface area contributed by atoms with E-state index in [0.717, 1.165) is 10.5 Å². The molecule has 0 aliphatic rings. The van der Waals surface area contributed by atoms with E-state index in [1.807, 2.05) is 49.5 Å². The SMILES string of the molecule is Cc1cccc(-c2nc(CSc3cccnc3)no2)c1. The van der Waals surface area contributed by atoms with Gasteiger partial charge in [-0.25, -0.2) is 0 Å². The third-order valence-corrected chi connectivity index (χ3v) is 3.71. The van der Waals surface area contributed by atoms with Crippen LogP contribution in [0, 0.1) is 6.92 Å². The van der Waals surface area contributed by atoms with Gasteiger partial charge in [0.25, 0.3) is 5.89 Å². The van der Waals surface area contributed by atoms with E-state index in [1.165, 1.54) is 5.56 Å². The van der Waals surface area contributed by atoms with Crippen LogP contribution < -0.4 is 0 Å². The fourth-order valence-corrected chi connectivity index (χ4v) is 2.51. The van der Waals surface area contributed by atoms with Gasteiger partial charge in [-0.15, -0.1) is 11.8 Å². The van der Waals surface area contributed by atoms with Crippen molar-refractivity contribution in [1.82, 2.24) is 15.1 Å². The van der Waals surface area contributed by atoms with Crippen LogP contribution in [0.4, 0.5) is 0 Å². The molecule has 0 radical (unpaired) electrons. The van der Waals surface area contributed by atoms with Crippen LogP contribution in [0.3, 0.4) is 0 Å². The first-order valence-electron chi connectivity index (χ1n) is 6.24. The molecule has 0 bridgehead atoms. The molecule has 0 N–H and O–H groups in total. The Balaban J connectivity index is 1.71. The number of aromatic nitrogens is 3. The van der Waals surface area contributed by atoms with Crippen LogP contribution in [-0.2, 0) is 5.75 Å². The van der Waals surface area contributed by atoms with Gasteiger partial charge in [0.2, 0.25) is 0 Å². The molecule has 0 atom stereocenters. The summed E-state index contributed by atoms with van der Waals surface area (Å²) in [6.07, 6.45) is 3.58. The summed E-state index contributed by atoms with van der Waals surface area (Å²) in [5.41, 5.74) is 2.13. The fraction of sp³-hybridized carbons (Fsp3) is 0.133. The molecular weight excluding hydrogens is 270 g/mol. The summed E-state index contributed by atoms with van der Waals surface area (Å²) in [5.74, 6) is 1.92. The Morgan fingerprint density at radius 1 is 1.20 bits per heavy atom. The Labute approximate surface area is 121 Å². The Morgan fingerprint density at radius 2 is 2.15 bits per heavy atom. The van der Waals surface area contributed by atoms with Crippen molar-refractivity contribution in [1.29, 1.82) is 0 Å². The minimum absolute atomic E-state index is 0.565. The highest BCUT2D eigenvalue weighted by atomic mass is 32.2. The zero-order chi connectivity index (χ0) is 13.8. The normalized spacial score (nSPS) is 10.7. The molecular formula is C15H13N3OS. The van der Waals surface area contributed by atoms with Gasteiger partial charge < -0.3 is 4.52 Å². The van der Waals surface area contributed by atoms with E-state index in [-0.39, 0.29) is 0 Å². The van der Waals surface area contributed by atoms with Crippen LogP contribution >= 0.6 is 11.8 Å². The van der Waals surface area contributed by atoms with Crippen LogP contribution in [0.5, 0.6) is 0 Å². The smallest absolute Gasteiger partial charge is 0.257 e. The number of thioether (sulfide) groups is 1. The molecule has 2 aromatic heterocycles. The summed E-state index contributed by atoms with van der Waals surface area (Å²) in [4.78, 5) is 9.58. The van der Waals surface area contributed by atoms with Crippen LogP contribution in [0.1, 0.15) is 11.4 Å². The first kappa shape index (κ1) is 12.9. The zero-order valence-corrected chi connectivity index (χ0v) is 11.8. The largest absolute Gasteiger partial charge is 0.334 e. The van der Waals surface area contributed by atoms with Gasteiger partial charge in [0.15, 0.2) is 5.82 Å². The number of hydrogen-bond acceptors (Lipinski definition) is 5. The van der Waals surface area contributed by atoms with Crippen molar-refractivity contribution in [2.75, 3.05) is 0 Å². The maximum absolute atomic E-state index is 5.30. The molecule has 5 heteroatoms. The second kappa shape index (κ2) is 5.88. The number of nitrogens with zero attached hydrogens (tertiary/aromatic N) is 3. The molecule has 3 rings (SSSR count). The highest BCUT2D eigenvalue weighted by Crippen LogP contribution is 2.23. The summed E-state index contributed by atoms with van der Waals surface area (Å²) in [6.45, 7) is 2.04. The molecule has 0 fully saturated rings. The standard InChI is InChI=1S/C15H13N3OS/c1-11-4-2-5-12(8-11)15-17-14(18-19-15)10-20-13-6-3-7-16-9-13/h2-9H,10H2,1H3. The zero-order valence-electron chi connectivity index (χ0n) is 11.0. The lowest BCUT2D eigenvalue weighted by Crippen LogP contribution is -1.85.